The highest BCUT2D eigenvalue weighted by Crippen LogP contribution is 2.45. The molecule has 6 rings (SSSR count). The van der Waals surface area contributed by atoms with Crippen molar-refractivity contribution in [3.8, 4) is 0 Å². The van der Waals surface area contributed by atoms with Crippen LogP contribution in [-0.4, -0.2) is 18.2 Å². The number of hydrogen-bond acceptors (Lipinski definition) is 4. The van der Waals surface area contributed by atoms with E-state index in [0.29, 0.717) is 0 Å². The fourth-order valence-corrected chi connectivity index (χ4v) is 6.80. The number of fused-ring (bicyclic) bond motifs is 3. The molecule has 0 N–H and O–H groups in total. The number of hydrogen-bond donors (Lipinski definition) is 0. The summed E-state index contributed by atoms with van der Waals surface area (Å²) >= 11 is 3.60. The van der Waals surface area contributed by atoms with Crippen LogP contribution >= 0.6 is 23.1 Å². The molecule has 1 aliphatic heterocycles. The van der Waals surface area contributed by atoms with Gasteiger partial charge in [0.25, 0.3) is 0 Å². The number of pyridine rings is 1. The molecule has 0 atom stereocenters. The molecule has 0 fully saturated rings. The van der Waals surface area contributed by atoms with Gasteiger partial charge in [-0.15, -0.1) is 0 Å². The van der Waals surface area contributed by atoms with Gasteiger partial charge >= 0.3 is 0 Å². The van der Waals surface area contributed by atoms with Crippen LogP contribution in [0, 0.1) is 0 Å². The van der Waals surface area contributed by atoms with Crippen molar-refractivity contribution in [2.75, 3.05) is 18.5 Å². The summed E-state index contributed by atoms with van der Waals surface area (Å²) in [5.41, 5.74) is 5.03. The minimum Gasteiger partial charge on any atom is -1.00 e. The standard InChI is InChI=1S/C29H27N4S2.BrH/c1-31-24-12-5-7-14-26(24)34-28(31)20-21-16-19-33(23-11-4-3-10-22(21)23)18-9-17-30-29-32(2)25-13-6-8-15-27(25)35-29;/h3-8,10-16,19-20H,9,17-18H2,1-2H3;1H/q+1;/p-1. The van der Waals surface area contributed by atoms with Crippen LogP contribution in [-0.2, 0) is 13.6 Å². The van der Waals surface area contributed by atoms with Gasteiger partial charge in [-0.2, -0.15) is 4.57 Å². The number of thiazole rings is 1. The van der Waals surface area contributed by atoms with Gasteiger partial charge in [-0.05, 0) is 42.0 Å². The van der Waals surface area contributed by atoms with Crippen LogP contribution in [0.3, 0.4) is 0 Å². The quantitative estimate of drug-likeness (QED) is 0.238. The molecule has 0 radical (unpaired) electrons. The third kappa shape index (κ3) is 4.63. The number of aryl methyl sites for hydroxylation is 2. The van der Waals surface area contributed by atoms with Crippen LogP contribution < -0.4 is 31.2 Å². The highest BCUT2D eigenvalue weighted by molar-refractivity contribution is 8.03. The first-order valence-corrected chi connectivity index (χ1v) is 13.5. The molecule has 2 aromatic heterocycles. The van der Waals surface area contributed by atoms with E-state index in [2.05, 4.69) is 119 Å². The zero-order valence-electron chi connectivity index (χ0n) is 20.3. The molecule has 7 heteroatoms. The van der Waals surface area contributed by atoms with E-state index in [0.717, 1.165) is 24.3 Å². The molecule has 1 aliphatic rings. The van der Waals surface area contributed by atoms with Gasteiger partial charge in [0.05, 0.1) is 26.3 Å². The Morgan fingerprint density at radius 3 is 2.56 bits per heavy atom. The lowest BCUT2D eigenvalue weighted by Gasteiger charge is -2.13. The third-order valence-corrected chi connectivity index (χ3v) is 8.84. The van der Waals surface area contributed by atoms with Crippen LogP contribution in [0.4, 0.5) is 5.69 Å². The molecule has 0 bridgehead atoms. The molecule has 0 unspecified atom stereocenters. The van der Waals surface area contributed by atoms with Gasteiger partial charge in [0.1, 0.15) is 0 Å². The zero-order chi connectivity index (χ0) is 23.8. The molecule has 0 amide bonds. The lowest BCUT2D eigenvalue weighted by Crippen LogP contribution is -3.00. The maximum Gasteiger partial charge on any atom is 0.213 e. The van der Waals surface area contributed by atoms with Gasteiger partial charge in [0.2, 0.25) is 5.52 Å². The Hall–Kier alpha value is -2.87. The molecule has 4 nitrogen and oxygen atoms in total. The first kappa shape index (κ1) is 24.8. The molecule has 36 heavy (non-hydrogen) atoms. The molecule has 5 aromatic rings. The summed E-state index contributed by atoms with van der Waals surface area (Å²) in [4.78, 5) is 9.58. The first-order chi connectivity index (χ1) is 17.2. The molecular weight excluding hydrogens is 548 g/mol. The SMILES string of the molecule is CN1C(=Cc2cc[n+](CCCN=c3sc4ccccc4n3C)c3ccccc23)Sc2ccccc21.[Br-]. The van der Waals surface area contributed by atoms with Gasteiger partial charge < -0.3 is 26.4 Å². The first-order valence-electron chi connectivity index (χ1n) is 11.9. The van der Waals surface area contributed by atoms with Crippen LogP contribution in [0.2, 0.25) is 0 Å². The van der Waals surface area contributed by atoms with Crippen LogP contribution in [0.5, 0.6) is 0 Å². The van der Waals surface area contributed by atoms with Crippen molar-refractivity contribution >= 4 is 56.0 Å². The maximum absolute atomic E-state index is 4.90. The van der Waals surface area contributed by atoms with Gasteiger partial charge in [-0.3, -0.25) is 4.99 Å². The molecule has 0 saturated carbocycles. The number of para-hydroxylation sites is 3. The number of halogens is 1. The van der Waals surface area contributed by atoms with Crippen molar-refractivity contribution in [2.24, 2.45) is 12.0 Å². The summed E-state index contributed by atoms with van der Waals surface area (Å²) < 4.78 is 5.84. The van der Waals surface area contributed by atoms with E-state index in [1.807, 2.05) is 11.8 Å². The Kier molecular flexibility index (Phi) is 7.32. The van der Waals surface area contributed by atoms with Crippen molar-refractivity contribution in [3.05, 3.63) is 100 Å². The van der Waals surface area contributed by atoms with E-state index in [1.165, 1.54) is 42.3 Å². The normalized spacial score (nSPS) is 14.6. The second-order valence-electron chi connectivity index (χ2n) is 8.74. The number of nitrogens with zero attached hydrogens (tertiary/aromatic N) is 4. The van der Waals surface area contributed by atoms with E-state index in [9.17, 15) is 0 Å². The molecule has 0 spiro atoms. The van der Waals surface area contributed by atoms with E-state index in [-0.39, 0.29) is 17.0 Å². The van der Waals surface area contributed by atoms with Crippen molar-refractivity contribution in [1.82, 2.24) is 4.57 Å². The zero-order valence-corrected chi connectivity index (χ0v) is 23.5. The van der Waals surface area contributed by atoms with Crippen molar-refractivity contribution in [3.63, 3.8) is 0 Å². The minimum absolute atomic E-state index is 0. The molecule has 3 aromatic carbocycles. The summed E-state index contributed by atoms with van der Waals surface area (Å²) in [6.07, 6.45) is 5.53. The second-order valence-corrected chi connectivity index (χ2v) is 10.8. The fraction of sp³-hybridized carbons (Fsp3) is 0.172. The van der Waals surface area contributed by atoms with Gasteiger partial charge in [-0.1, -0.05) is 59.5 Å². The third-order valence-electron chi connectivity index (χ3n) is 6.53. The largest absolute Gasteiger partial charge is 1.00 e. The maximum atomic E-state index is 4.90. The summed E-state index contributed by atoms with van der Waals surface area (Å²) in [6.45, 7) is 1.75. The summed E-state index contributed by atoms with van der Waals surface area (Å²) in [6, 6.07) is 28.0. The molecule has 0 aliphatic carbocycles. The summed E-state index contributed by atoms with van der Waals surface area (Å²) in [7, 11) is 4.25. The fourth-order valence-electron chi connectivity index (χ4n) is 4.65. The van der Waals surface area contributed by atoms with Crippen LogP contribution in [0.1, 0.15) is 12.0 Å². The minimum atomic E-state index is 0. The topological polar surface area (TPSA) is 24.4 Å². The smallest absolute Gasteiger partial charge is 0.213 e. The van der Waals surface area contributed by atoms with Crippen LogP contribution in [0.15, 0.2) is 100.0 Å². The van der Waals surface area contributed by atoms with Gasteiger partial charge in [0.15, 0.2) is 17.5 Å². The number of aromatic nitrogens is 2. The van der Waals surface area contributed by atoms with E-state index in [1.54, 1.807) is 11.3 Å². The average molecular weight is 576 g/mol. The highest BCUT2D eigenvalue weighted by Gasteiger charge is 2.22. The van der Waals surface area contributed by atoms with E-state index < -0.39 is 0 Å². The number of benzene rings is 3. The predicted molar refractivity (Wildman–Crippen MR) is 149 cm³/mol. The number of thioether (sulfide) groups is 1. The average Bonchev–Trinajstić information content (AvgIpc) is 3.39. The van der Waals surface area contributed by atoms with Gasteiger partial charge in [0, 0.05) is 44.1 Å². The lowest BCUT2D eigenvalue weighted by molar-refractivity contribution is -0.671. The second kappa shape index (κ2) is 10.6. The lowest BCUT2D eigenvalue weighted by atomic mass is 10.1. The van der Waals surface area contributed by atoms with Crippen molar-refractivity contribution in [2.45, 2.75) is 17.9 Å². The number of rotatable bonds is 5. The Morgan fingerprint density at radius 2 is 1.69 bits per heavy atom. The Bertz CT molecular complexity index is 1650. The molecular formula is C29H27BrN4S2. The van der Waals surface area contributed by atoms with Crippen molar-refractivity contribution < 1.29 is 21.5 Å². The Balaban J connectivity index is 0.00000267. The van der Waals surface area contributed by atoms with Crippen LogP contribution in [0.25, 0.3) is 27.2 Å². The number of anilines is 1. The Labute approximate surface area is 230 Å². The van der Waals surface area contributed by atoms with Crippen molar-refractivity contribution in [1.29, 1.82) is 0 Å². The summed E-state index contributed by atoms with van der Waals surface area (Å²) in [5.74, 6) is 0. The highest BCUT2D eigenvalue weighted by atomic mass is 79.9. The molecule has 182 valence electrons. The molecule has 3 heterocycles. The van der Waals surface area contributed by atoms with E-state index in [4.69, 9.17) is 4.99 Å². The van der Waals surface area contributed by atoms with E-state index >= 15 is 0 Å². The summed E-state index contributed by atoms with van der Waals surface area (Å²) in [5, 5.41) is 2.53. The van der Waals surface area contributed by atoms with Gasteiger partial charge in [-0.25, -0.2) is 0 Å². The Morgan fingerprint density at radius 1 is 0.917 bits per heavy atom. The molecule has 0 saturated heterocycles. The predicted octanol–water partition coefficient (Wildman–Crippen LogP) is 3.22. The monoisotopic (exact) mass is 574 g/mol.